The van der Waals surface area contributed by atoms with Crippen molar-refractivity contribution in [2.24, 2.45) is 5.41 Å². The lowest BCUT2D eigenvalue weighted by Gasteiger charge is -2.35. The summed E-state index contributed by atoms with van der Waals surface area (Å²) in [6.45, 7) is 8.69. The van der Waals surface area contributed by atoms with E-state index in [9.17, 15) is 4.79 Å². The summed E-state index contributed by atoms with van der Waals surface area (Å²) in [6, 6.07) is 10.7. The van der Waals surface area contributed by atoms with Crippen molar-refractivity contribution in [3.8, 4) is 0 Å². The first kappa shape index (κ1) is 23.1. The molecule has 5 rings (SSSR count). The van der Waals surface area contributed by atoms with Crippen molar-refractivity contribution in [2.45, 2.75) is 45.6 Å². The van der Waals surface area contributed by atoms with Crippen LogP contribution in [0.2, 0.25) is 0 Å². The molecule has 2 aliphatic heterocycles. The van der Waals surface area contributed by atoms with Gasteiger partial charge >= 0.3 is 0 Å². The molecule has 0 unspecified atom stereocenters. The summed E-state index contributed by atoms with van der Waals surface area (Å²) in [7, 11) is 1.85. The Morgan fingerprint density at radius 1 is 1.12 bits per heavy atom. The zero-order valence-corrected chi connectivity index (χ0v) is 20.6. The summed E-state index contributed by atoms with van der Waals surface area (Å²) in [5.74, 6) is 1.65. The van der Waals surface area contributed by atoms with Crippen molar-refractivity contribution in [3.05, 3.63) is 36.5 Å². The SMILES string of the molecule is CN1C(=O)C(C)(C)CN(C2CCCC2)c2nc(N(CN3CCOCC3)c3ccccc3)ncc21. The second kappa shape index (κ2) is 9.50. The van der Waals surface area contributed by atoms with Crippen LogP contribution >= 0.6 is 0 Å². The number of fused-ring (bicyclic) bond motifs is 1. The van der Waals surface area contributed by atoms with Crippen LogP contribution in [0.25, 0.3) is 0 Å². The van der Waals surface area contributed by atoms with Crippen LogP contribution in [-0.2, 0) is 9.53 Å². The highest BCUT2D eigenvalue weighted by Gasteiger charge is 2.41. The van der Waals surface area contributed by atoms with E-state index in [0.29, 0.717) is 25.2 Å². The predicted molar refractivity (Wildman–Crippen MR) is 135 cm³/mol. The Labute approximate surface area is 202 Å². The number of carbonyl (C=O) groups excluding carboxylic acids is 1. The first-order chi connectivity index (χ1) is 16.4. The summed E-state index contributed by atoms with van der Waals surface area (Å²) < 4.78 is 5.56. The number of hydrogen-bond donors (Lipinski definition) is 0. The number of nitrogens with zero attached hydrogens (tertiary/aromatic N) is 6. The number of para-hydroxylation sites is 1. The lowest BCUT2D eigenvalue weighted by atomic mass is 9.91. The average molecular weight is 465 g/mol. The molecule has 0 atom stereocenters. The summed E-state index contributed by atoms with van der Waals surface area (Å²) in [6.07, 6.45) is 6.58. The van der Waals surface area contributed by atoms with Crippen LogP contribution in [0.5, 0.6) is 0 Å². The van der Waals surface area contributed by atoms with Crippen molar-refractivity contribution in [1.82, 2.24) is 14.9 Å². The van der Waals surface area contributed by atoms with E-state index >= 15 is 0 Å². The van der Waals surface area contributed by atoms with E-state index < -0.39 is 5.41 Å². The van der Waals surface area contributed by atoms with Crippen LogP contribution in [-0.4, -0.2) is 73.4 Å². The van der Waals surface area contributed by atoms with Crippen molar-refractivity contribution < 1.29 is 9.53 Å². The van der Waals surface area contributed by atoms with E-state index in [1.54, 1.807) is 4.90 Å². The van der Waals surface area contributed by atoms with Crippen LogP contribution in [0, 0.1) is 5.41 Å². The number of hydrogen-bond acceptors (Lipinski definition) is 7. The Hall–Kier alpha value is -2.71. The molecule has 3 heterocycles. The molecule has 34 heavy (non-hydrogen) atoms. The fraction of sp³-hybridized carbons (Fsp3) is 0.577. The van der Waals surface area contributed by atoms with Crippen LogP contribution in [0.3, 0.4) is 0 Å². The Morgan fingerprint density at radius 2 is 1.82 bits per heavy atom. The Morgan fingerprint density at radius 3 is 2.53 bits per heavy atom. The lowest BCUT2D eigenvalue weighted by Crippen LogP contribution is -2.45. The van der Waals surface area contributed by atoms with Crippen LogP contribution < -0.4 is 14.7 Å². The van der Waals surface area contributed by atoms with Crippen molar-refractivity contribution in [2.75, 3.05) is 61.3 Å². The van der Waals surface area contributed by atoms with Crippen molar-refractivity contribution >= 4 is 29.0 Å². The molecule has 0 radical (unpaired) electrons. The molecule has 1 amide bonds. The largest absolute Gasteiger partial charge is 0.379 e. The zero-order chi connectivity index (χ0) is 23.7. The van der Waals surface area contributed by atoms with Gasteiger partial charge in [-0.15, -0.1) is 0 Å². The minimum atomic E-state index is -0.495. The third-order valence-corrected chi connectivity index (χ3v) is 7.34. The molecule has 1 aromatic heterocycles. The van der Waals surface area contributed by atoms with Gasteiger partial charge in [-0.25, -0.2) is 4.98 Å². The average Bonchev–Trinajstić information content (AvgIpc) is 3.38. The van der Waals surface area contributed by atoms with E-state index in [2.05, 4.69) is 26.8 Å². The fourth-order valence-corrected chi connectivity index (χ4v) is 5.40. The number of amides is 1. The van der Waals surface area contributed by atoms with Gasteiger partial charge in [0, 0.05) is 38.4 Å². The Balaban J connectivity index is 1.57. The highest BCUT2D eigenvalue weighted by molar-refractivity contribution is 6.00. The summed E-state index contributed by atoms with van der Waals surface area (Å²) in [5, 5.41) is 0. The van der Waals surface area contributed by atoms with E-state index in [1.807, 2.05) is 45.3 Å². The van der Waals surface area contributed by atoms with E-state index in [4.69, 9.17) is 14.7 Å². The number of carbonyl (C=O) groups is 1. The standard InChI is InChI=1S/C26H36N6O2/c1-26(2)18-31(20-11-7-8-12-20)23-22(29(3)24(26)33)17-27-25(28-23)32(21-9-5-4-6-10-21)19-30-13-15-34-16-14-30/h4-6,9-10,17,20H,7-8,11-16,18-19H2,1-3H3. The van der Waals surface area contributed by atoms with E-state index in [-0.39, 0.29) is 5.91 Å². The maximum atomic E-state index is 13.3. The molecule has 1 saturated heterocycles. The van der Waals surface area contributed by atoms with Gasteiger partial charge in [0.1, 0.15) is 5.69 Å². The second-order valence-electron chi connectivity index (χ2n) is 10.3. The number of aromatic nitrogens is 2. The van der Waals surface area contributed by atoms with Gasteiger partial charge in [-0.3, -0.25) is 14.6 Å². The molecule has 0 N–H and O–H groups in total. The molecular formula is C26H36N6O2. The molecule has 182 valence electrons. The van der Waals surface area contributed by atoms with Gasteiger partial charge in [0.2, 0.25) is 11.9 Å². The fourth-order valence-electron chi connectivity index (χ4n) is 5.40. The maximum absolute atomic E-state index is 13.3. The van der Waals surface area contributed by atoms with E-state index in [1.165, 1.54) is 12.8 Å². The number of rotatable bonds is 5. The van der Waals surface area contributed by atoms with Crippen LogP contribution in [0.1, 0.15) is 39.5 Å². The molecule has 8 nitrogen and oxygen atoms in total. The predicted octanol–water partition coefficient (Wildman–Crippen LogP) is 3.66. The molecular weight excluding hydrogens is 428 g/mol. The number of benzene rings is 1. The third kappa shape index (κ3) is 4.49. The Kier molecular flexibility index (Phi) is 6.44. The van der Waals surface area contributed by atoms with Crippen LogP contribution in [0.15, 0.2) is 36.5 Å². The third-order valence-electron chi connectivity index (χ3n) is 7.34. The molecule has 2 aromatic rings. The minimum Gasteiger partial charge on any atom is -0.379 e. The molecule has 3 aliphatic rings. The molecule has 1 aliphatic carbocycles. The summed E-state index contributed by atoms with van der Waals surface area (Å²) in [5.41, 5.74) is 1.36. The van der Waals surface area contributed by atoms with Crippen molar-refractivity contribution in [1.29, 1.82) is 0 Å². The number of anilines is 4. The monoisotopic (exact) mass is 464 g/mol. The quantitative estimate of drug-likeness (QED) is 0.669. The molecule has 8 heteroatoms. The molecule has 1 saturated carbocycles. The lowest BCUT2D eigenvalue weighted by molar-refractivity contribution is -0.125. The van der Waals surface area contributed by atoms with Gasteiger partial charge in [-0.2, -0.15) is 4.98 Å². The molecule has 0 spiro atoms. The highest BCUT2D eigenvalue weighted by atomic mass is 16.5. The second-order valence-corrected chi connectivity index (χ2v) is 10.3. The van der Waals surface area contributed by atoms with Crippen LogP contribution in [0.4, 0.5) is 23.1 Å². The normalized spacial score (nSPS) is 21.4. The Bertz CT molecular complexity index is 1000. The number of morpholine rings is 1. The molecule has 0 bridgehead atoms. The van der Waals surface area contributed by atoms with E-state index in [0.717, 1.165) is 56.3 Å². The smallest absolute Gasteiger partial charge is 0.234 e. The topological polar surface area (TPSA) is 65.0 Å². The first-order valence-corrected chi connectivity index (χ1v) is 12.5. The van der Waals surface area contributed by atoms with Gasteiger partial charge < -0.3 is 14.5 Å². The first-order valence-electron chi connectivity index (χ1n) is 12.5. The molecule has 2 fully saturated rings. The van der Waals surface area contributed by atoms with Gasteiger partial charge in [0.15, 0.2) is 5.82 Å². The minimum absolute atomic E-state index is 0.110. The molecule has 1 aromatic carbocycles. The highest BCUT2D eigenvalue weighted by Crippen LogP contribution is 2.41. The summed E-state index contributed by atoms with van der Waals surface area (Å²) >= 11 is 0. The van der Waals surface area contributed by atoms with Crippen molar-refractivity contribution in [3.63, 3.8) is 0 Å². The number of ether oxygens (including phenoxy) is 1. The summed E-state index contributed by atoms with van der Waals surface area (Å²) in [4.78, 5) is 32.0. The van der Waals surface area contributed by atoms with Gasteiger partial charge in [0.05, 0.1) is 31.5 Å². The zero-order valence-electron chi connectivity index (χ0n) is 20.6. The van der Waals surface area contributed by atoms with Gasteiger partial charge in [-0.1, -0.05) is 31.0 Å². The van der Waals surface area contributed by atoms with Gasteiger partial charge in [-0.05, 0) is 38.8 Å². The van der Waals surface area contributed by atoms with Gasteiger partial charge in [0.25, 0.3) is 0 Å². The maximum Gasteiger partial charge on any atom is 0.234 e.